The zero-order valence-electron chi connectivity index (χ0n) is 15.2. The second-order valence-electron chi connectivity index (χ2n) is 6.78. The van der Waals surface area contributed by atoms with Crippen LogP contribution in [0.3, 0.4) is 0 Å². The molecule has 0 saturated carbocycles. The molecule has 0 rings (SSSR count). The largest absolute Gasteiger partial charge is 0.338 e. The molecule has 1 atom stereocenters. The van der Waals surface area contributed by atoms with Crippen molar-refractivity contribution in [3.8, 4) is 0 Å². The minimum atomic E-state index is 0.0773. The van der Waals surface area contributed by atoms with E-state index >= 15 is 0 Å². The van der Waals surface area contributed by atoms with Crippen molar-refractivity contribution < 1.29 is 4.79 Å². The number of rotatable bonds is 9. The third-order valence-corrected chi connectivity index (χ3v) is 3.79. The van der Waals surface area contributed by atoms with Gasteiger partial charge >= 0.3 is 0 Å². The summed E-state index contributed by atoms with van der Waals surface area (Å²) in [6.45, 7) is 16.4. The van der Waals surface area contributed by atoms with Gasteiger partial charge in [0.2, 0.25) is 5.91 Å². The Morgan fingerprint density at radius 2 is 1.71 bits per heavy atom. The average Bonchev–Trinajstić information content (AvgIpc) is 2.41. The lowest BCUT2D eigenvalue weighted by atomic mass is 10.1. The van der Waals surface area contributed by atoms with Crippen LogP contribution in [0.15, 0.2) is 23.3 Å². The van der Waals surface area contributed by atoms with E-state index in [9.17, 15) is 4.79 Å². The first kappa shape index (κ1) is 19.9. The number of hydrogen-bond acceptors (Lipinski definition) is 1. The topological polar surface area (TPSA) is 20.3 Å². The molecule has 0 aromatic carbocycles. The molecule has 0 aliphatic rings. The van der Waals surface area contributed by atoms with Crippen molar-refractivity contribution in [1.29, 1.82) is 0 Å². The standard InChI is InChI=1S/C19H35NO/c1-8-17(6)14-20(19(21)16(4)5)13-12-18(7)11-9-10-15(2)3/h10,12,16-17H,8-9,11,13-14H2,1-7H3/b18-12-. The van der Waals surface area contributed by atoms with E-state index in [1.54, 1.807) is 0 Å². The molecule has 21 heavy (non-hydrogen) atoms. The van der Waals surface area contributed by atoms with Gasteiger partial charge in [0.05, 0.1) is 0 Å². The van der Waals surface area contributed by atoms with Gasteiger partial charge in [-0.15, -0.1) is 0 Å². The molecule has 0 radical (unpaired) electrons. The molecular formula is C19H35NO. The van der Waals surface area contributed by atoms with Gasteiger partial charge in [-0.2, -0.15) is 0 Å². The zero-order valence-corrected chi connectivity index (χ0v) is 15.2. The van der Waals surface area contributed by atoms with Gasteiger partial charge in [0.25, 0.3) is 0 Å². The first-order valence-electron chi connectivity index (χ1n) is 8.35. The Labute approximate surface area is 132 Å². The SMILES string of the molecule is CCC(C)CN(C/C=C(/C)CCC=C(C)C)C(=O)C(C)C. The summed E-state index contributed by atoms with van der Waals surface area (Å²) in [7, 11) is 0. The van der Waals surface area contributed by atoms with Gasteiger partial charge in [0.1, 0.15) is 0 Å². The summed E-state index contributed by atoms with van der Waals surface area (Å²) < 4.78 is 0. The van der Waals surface area contributed by atoms with Gasteiger partial charge < -0.3 is 4.90 Å². The van der Waals surface area contributed by atoms with Crippen molar-refractivity contribution in [2.75, 3.05) is 13.1 Å². The van der Waals surface area contributed by atoms with E-state index in [1.165, 1.54) is 11.1 Å². The van der Waals surface area contributed by atoms with E-state index in [0.717, 1.165) is 32.4 Å². The lowest BCUT2D eigenvalue weighted by Crippen LogP contribution is -2.37. The Morgan fingerprint density at radius 3 is 2.19 bits per heavy atom. The average molecular weight is 293 g/mol. The maximum Gasteiger partial charge on any atom is 0.225 e. The molecule has 0 fully saturated rings. The Bertz CT molecular complexity index is 362. The molecule has 0 saturated heterocycles. The van der Waals surface area contributed by atoms with Crippen LogP contribution in [0.1, 0.15) is 67.7 Å². The fourth-order valence-corrected chi connectivity index (χ4v) is 2.08. The Hall–Kier alpha value is -1.05. The number of nitrogens with zero attached hydrogens (tertiary/aromatic N) is 1. The normalized spacial score (nSPS) is 13.2. The fraction of sp³-hybridized carbons (Fsp3) is 0.737. The highest BCUT2D eigenvalue weighted by atomic mass is 16.2. The van der Waals surface area contributed by atoms with Gasteiger partial charge in [0, 0.05) is 19.0 Å². The monoisotopic (exact) mass is 293 g/mol. The molecule has 0 aromatic rings. The molecule has 2 nitrogen and oxygen atoms in total. The van der Waals surface area contributed by atoms with Crippen LogP contribution in [0.4, 0.5) is 0 Å². The number of carbonyl (C=O) groups is 1. The molecule has 122 valence electrons. The summed E-state index contributed by atoms with van der Waals surface area (Å²) in [5.74, 6) is 0.907. The minimum Gasteiger partial charge on any atom is -0.338 e. The van der Waals surface area contributed by atoms with E-state index in [4.69, 9.17) is 0 Å². The van der Waals surface area contributed by atoms with Crippen LogP contribution < -0.4 is 0 Å². The first-order chi connectivity index (χ1) is 9.77. The van der Waals surface area contributed by atoms with Crippen LogP contribution in [-0.2, 0) is 4.79 Å². The van der Waals surface area contributed by atoms with Crippen LogP contribution in [0, 0.1) is 11.8 Å². The Kier molecular flexibility index (Phi) is 10.1. The zero-order chi connectivity index (χ0) is 16.4. The lowest BCUT2D eigenvalue weighted by molar-refractivity contribution is -0.134. The summed E-state index contributed by atoms with van der Waals surface area (Å²) in [5.41, 5.74) is 2.74. The number of hydrogen-bond donors (Lipinski definition) is 0. The van der Waals surface area contributed by atoms with E-state index in [-0.39, 0.29) is 11.8 Å². The van der Waals surface area contributed by atoms with Crippen molar-refractivity contribution in [2.24, 2.45) is 11.8 Å². The summed E-state index contributed by atoms with van der Waals surface area (Å²) in [6, 6.07) is 0. The second kappa shape index (κ2) is 10.6. The smallest absolute Gasteiger partial charge is 0.225 e. The van der Waals surface area contributed by atoms with E-state index in [0.29, 0.717) is 5.92 Å². The molecule has 0 aliphatic carbocycles. The minimum absolute atomic E-state index is 0.0773. The molecule has 1 unspecified atom stereocenters. The van der Waals surface area contributed by atoms with Gasteiger partial charge in [-0.3, -0.25) is 4.79 Å². The molecule has 2 heteroatoms. The van der Waals surface area contributed by atoms with Crippen LogP contribution in [0.2, 0.25) is 0 Å². The lowest BCUT2D eigenvalue weighted by Gasteiger charge is -2.26. The second-order valence-corrected chi connectivity index (χ2v) is 6.78. The van der Waals surface area contributed by atoms with Crippen molar-refractivity contribution in [2.45, 2.75) is 67.7 Å². The number of allylic oxidation sites excluding steroid dienone is 3. The van der Waals surface area contributed by atoms with Gasteiger partial charge in [-0.25, -0.2) is 0 Å². The first-order valence-corrected chi connectivity index (χ1v) is 8.35. The van der Waals surface area contributed by atoms with Gasteiger partial charge in [0.15, 0.2) is 0 Å². The van der Waals surface area contributed by atoms with Crippen molar-refractivity contribution in [3.05, 3.63) is 23.3 Å². The highest BCUT2D eigenvalue weighted by Crippen LogP contribution is 2.11. The molecule has 0 aromatic heterocycles. The van der Waals surface area contributed by atoms with Crippen LogP contribution >= 0.6 is 0 Å². The van der Waals surface area contributed by atoms with Crippen LogP contribution in [0.25, 0.3) is 0 Å². The maximum atomic E-state index is 12.3. The molecule has 0 aliphatic heterocycles. The highest BCUT2D eigenvalue weighted by Gasteiger charge is 2.17. The third-order valence-electron chi connectivity index (χ3n) is 3.79. The predicted molar refractivity (Wildman–Crippen MR) is 93.3 cm³/mol. The van der Waals surface area contributed by atoms with Crippen molar-refractivity contribution in [1.82, 2.24) is 4.90 Å². The van der Waals surface area contributed by atoms with E-state index < -0.39 is 0 Å². The maximum absolute atomic E-state index is 12.3. The van der Waals surface area contributed by atoms with Crippen LogP contribution in [-0.4, -0.2) is 23.9 Å². The Morgan fingerprint density at radius 1 is 1.10 bits per heavy atom. The summed E-state index contributed by atoms with van der Waals surface area (Å²) in [6.07, 6.45) is 7.78. The van der Waals surface area contributed by atoms with Gasteiger partial charge in [-0.1, -0.05) is 57.4 Å². The third kappa shape index (κ3) is 9.49. The van der Waals surface area contributed by atoms with Crippen molar-refractivity contribution in [3.63, 3.8) is 0 Å². The summed E-state index contributed by atoms with van der Waals surface area (Å²) in [5, 5.41) is 0. The predicted octanol–water partition coefficient (Wildman–Crippen LogP) is 5.21. The number of carbonyl (C=O) groups excluding carboxylic acids is 1. The molecule has 0 heterocycles. The fourth-order valence-electron chi connectivity index (χ4n) is 2.08. The van der Waals surface area contributed by atoms with Crippen molar-refractivity contribution >= 4 is 5.91 Å². The quantitative estimate of drug-likeness (QED) is 0.534. The van der Waals surface area contributed by atoms with E-state index in [1.807, 2.05) is 18.7 Å². The molecule has 0 bridgehead atoms. The van der Waals surface area contributed by atoms with Crippen LogP contribution in [0.5, 0.6) is 0 Å². The highest BCUT2D eigenvalue weighted by molar-refractivity contribution is 5.78. The summed E-state index contributed by atoms with van der Waals surface area (Å²) in [4.78, 5) is 14.3. The number of amides is 1. The molecule has 0 spiro atoms. The van der Waals surface area contributed by atoms with E-state index in [2.05, 4.69) is 46.8 Å². The Balaban J connectivity index is 4.58. The molecule has 0 N–H and O–H groups in total. The van der Waals surface area contributed by atoms with Gasteiger partial charge in [-0.05, 0) is 39.5 Å². The molecule has 1 amide bonds. The summed E-state index contributed by atoms with van der Waals surface area (Å²) >= 11 is 0. The molecular weight excluding hydrogens is 258 g/mol.